The molecule has 3 aromatic heterocycles. The molecule has 0 radical (unpaired) electrons. The molecule has 146 valence electrons. The van der Waals surface area contributed by atoms with Gasteiger partial charge in [-0.05, 0) is 44.2 Å². The normalized spacial score (nSPS) is 10.8. The summed E-state index contributed by atoms with van der Waals surface area (Å²) in [7, 11) is 1.54. The van der Waals surface area contributed by atoms with Crippen LogP contribution in [0.1, 0.15) is 37.7 Å². The van der Waals surface area contributed by atoms with Gasteiger partial charge in [-0.25, -0.2) is 0 Å². The minimum atomic E-state index is -1.56. The van der Waals surface area contributed by atoms with Crippen LogP contribution < -0.4 is 44.8 Å². The molecule has 4 rings (SSSR count). The van der Waals surface area contributed by atoms with E-state index in [0.717, 1.165) is 5.52 Å². The molecule has 0 unspecified atom stereocenters. The first kappa shape index (κ1) is 21.8. The summed E-state index contributed by atoms with van der Waals surface area (Å²) >= 11 is 0. The van der Waals surface area contributed by atoms with Crippen LogP contribution in [0, 0.1) is 13.8 Å². The summed E-state index contributed by atoms with van der Waals surface area (Å²) in [5, 5.41) is 11.5. The maximum Gasteiger partial charge on any atom is 1.00 e. The van der Waals surface area contributed by atoms with Crippen LogP contribution in [-0.2, 0) is 0 Å². The first-order valence-electron chi connectivity index (χ1n) is 8.91. The average Bonchev–Trinajstić information content (AvgIpc) is 2.98. The van der Waals surface area contributed by atoms with Gasteiger partial charge in [0.1, 0.15) is 11.4 Å². The second-order valence-corrected chi connectivity index (χ2v) is 6.79. The zero-order chi connectivity index (χ0) is 20.9. The van der Waals surface area contributed by atoms with E-state index in [1.165, 1.54) is 13.0 Å². The van der Waals surface area contributed by atoms with Crippen LogP contribution in [0.2, 0.25) is 0 Å². The van der Waals surface area contributed by atoms with Gasteiger partial charge in [0.15, 0.2) is 5.43 Å². The molecule has 0 saturated carbocycles. The first-order valence-corrected chi connectivity index (χ1v) is 8.91. The first-order chi connectivity index (χ1) is 13.8. The summed E-state index contributed by atoms with van der Waals surface area (Å²) in [5.41, 5.74) is 1.66. The fourth-order valence-electron chi connectivity index (χ4n) is 3.78. The Morgan fingerprint density at radius 3 is 2.53 bits per heavy atom. The number of aromatic carboxylic acids is 1. The van der Waals surface area contributed by atoms with Gasteiger partial charge in [0.05, 0.1) is 24.2 Å². The standard InChI is InChI=1S/C22H18N2O5.Na/c1-11-18(24-9-5-4-6-16(24)21(11)29-3)19(25)13-7-8-15-14(10-13)20(26)17(22(27)28)12(2)23-15;/h4-10H,1-3H3,(H,23,26)(H,27,28);/q;+1/p-1. The number of carboxylic acid groups (broad SMARTS) is 1. The Balaban J connectivity index is 0.00000256. The van der Waals surface area contributed by atoms with Gasteiger partial charge in [0.2, 0.25) is 5.78 Å². The largest absolute Gasteiger partial charge is 1.00 e. The predicted octanol–water partition coefficient (Wildman–Crippen LogP) is -0.995. The van der Waals surface area contributed by atoms with Crippen LogP contribution in [0.25, 0.3) is 16.4 Å². The number of hydrogen-bond donors (Lipinski definition) is 1. The molecular weight excluding hydrogens is 395 g/mol. The number of benzene rings is 1. The number of carbonyl (C=O) groups is 2. The van der Waals surface area contributed by atoms with Crippen molar-refractivity contribution in [2.24, 2.45) is 0 Å². The third-order valence-electron chi connectivity index (χ3n) is 5.10. The van der Waals surface area contributed by atoms with Crippen LogP contribution in [0.4, 0.5) is 0 Å². The molecule has 0 atom stereocenters. The van der Waals surface area contributed by atoms with Crippen LogP contribution in [-0.4, -0.2) is 28.2 Å². The van der Waals surface area contributed by atoms with E-state index in [9.17, 15) is 19.5 Å². The molecule has 0 bridgehead atoms. The quantitative estimate of drug-likeness (QED) is 0.342. The molecule has 0 saturated heterocycles. The zero-order valence-electron chi connectivity index (χ0n) is 17.0. The number of aromatic amines is 1. The van der Waals surface area contributed by atoms with Gasteiger partial charge in [0.25, 0.3) is 0 Å². The van der Waals surface area contributed by atoms with Gasteiger partial charge in [-0.2, -0.15) is 0 Å². The van der Waals surface area contributed by atoms with Gasteiger partial charge in [-0.3, -0.25) is 9.59 Å². The van der Waals surface area contributed by atoms with Crippen molar-refractivity contribution < 1.29 is 49.0 Å². The summed E-state index contributed by atoms with van der Waals surface area (Å²) in [6.07, 6.45) is 1.77. The van der Waals surface area contributed by atoms with E-state index in [2.05, 4.69) is 4.98 Å². The predicted molar refractivity (Wildman–Crippen MR) is 106 cm³/mol. The number of rotatable bonds is 4. The molecule has 0 aliphatic rings. The van der Waals surface area contributed by atoms with Gasteiger partial charge < -0.3 is 24.0 Å². The number of methoxy groups -OCH3 is 1. The number of ether oxygens (including phenoxy) is 1. The number of carboxylic acids is 1. The average molecular weight is 412 g/mol. The van der Waals surface area contributed by atoms with Crippen LogP contribution in [0.15, 0.2) is 47.4 Å². The third-order valence-corrected chi connectivity index (χ3v) is 5.10. The number of carbonyl (C=O) groups excluding carboxylic acids is 2. The summed E-state index contributed by atoms with van der Waals surface area (Å²) in [6.45, 7) is 3.29. The van der Waals surface area contributed by atoms with Crippen molar-refractivity contribution in [3.8, 4) is 5.75 Å². The van der Waals surface area contributed by atoms with E-state index in [1.54, 1.807) is 36.8 Å². The summed E-state index contributed by atoms with van der Waals surface area (Å²) in [6, 6.07) is 10.1. The number of nitrogens with zero attached hydrogens (tertiary/aromatic N) is 1. The van der Waals surface area contributed by atoms with E-state index in [0.29, 0.717) is 22.5 Å². The van der Waals surface area contributed by atoms with E-state index < -0.39 is 17.0 Å². The van der Waals surface area contributed by atoms with E-state index in [4.69, 9.17) is 4.74 Å². The minimum absolute atomic E-state index is 0. The topological polar surface area (TPSA) is 104 Å². The number of fused-ring (bicyclic) bond motifs is 2. The molecule has 1 N–H and O–H groups in total. The van der Waals surface area contributed by atoms with Crippen LogP contribution >= 0.6 is 0 Å². The minimum Gasteiger partial charge on any atom is -0.545 e. The maximum atomic E-state index is 13.3. The smallest absolute Gasteiger partial charge is 0.545 e. The van der Waals surface area contributed by atoms with Crippen molar-refractivity contribution in [2.45, 2.75) is 13.8 Å². The zero-order valence-corrected chi connectivity index (χ0v) is 19.0. The van der Waals surface area contributed by atoms with Gasteiger partial charge in [-0.1, -0.05) is 6.07 Å². The second-order valence-electron chi connectivity index (χ2n) is 6.79. The fourth-order valence-corrected chi connectivity index (χ4v) is 3.78. The molecule has 0 aliphatic heterocycles. The SMILES string of the molecule is COc1c(C)c(C(=O)c2ccc3[nH]c(C)c(C(=O)[O-])c(=O)c3c2)n2ccccc12.[Na+]. The van der Waals surface area contributed by atoms with Gasteiger partial charge in [0, 0.05) is 33.9 Å². The Morgan fingerprint density at radius 2 is 1.87 bits per heavy atom. The van der Waals surface area contributed by atoms with E-state index >= 15 is 0 Å². The molecule has 1 aromatic carbocycles. The Bertz CT molecular complexity index is 1380. The molecule has 0 aliphatic carbocycles. The Hall–Kier alpha value is -2.87. The number of nitrogens with one attached hydrogen (secondary N) is 1. The van der Waals surface area contributed by atoms with E-state index in [-0.39, 0.29) is 52.0 Å². The van der Waals surface area contributed by atoms with Gasteiger partial charge in [-0.15, -0.1) is 0 Å². The number of H-pyrrole nitrogens is 1. The summed E-state index contributed by atoms with van der Waals surface area (Å²) in [4.78, 5) is 40.2. The number of aryl methyl sites for hydroxylation is 1. The number of ketones is 1. The second kappa shape index (κ2) is 8.10. The van der Waals surface area contributed by atoms with Crippen LogP contribution in [0.5, 0.6) is 5.75 Å². The maximum absolute atomic E-state index is 13.3. The van der Waals surface area contributed by atoms with Crippen molar-refractivity contribution in [1.82, 2.24) is 9.38 Å². The van der Waals surface area contributed by atoms with Crippen molar-refractivity contribution in [3.63, 3.8) is 0 Å². The molecule has 0 fully saturated rings. The van der Waals surface area contributed by atoms with Crippen molar-refractivity contribution in [3.05, 3.63) is 80.9 Å². The Kier molecular flexibility index (Phi) is 5.90. The molecule has 0 amide bonds. The number of aromatic nitrogens is 2. The molecule has 3 heterocycles. The summed E-state index contributed by atoms with van der Waals surface area (Å²) in [5.74, 6) is -1.26. The Labute approximate surface area is 193 Å². The van der Waals surface area contributed by atoms with Crippen molar-refractivity contribution in [1.29, 1.82) is 0 Å². The molecule has 8 heteroatoms. The van der Waals surface area contributed by atoms with Crippen molar-refractivity contribution in [2.75, 3.05) is 7.11 Å². The summed E-state index contributed by atoms with van der Waals surface area (Å²) < 4.78 is 7.21. The van der Waals surface area contributed by atoms with Crippen LogP contribution in [0.3, 0.4) is 0 Å². The van der Waals surface area contributed by atoms with E-state index in [1.807, 2.05) is 18.2 Å². The number of hydrogen-bond acceptors (Lipinski definition) is 5. The monoisotopic (exact) mass is 412 g/mol. The Morgan fingerprint density at radius 1 is 1.13 bits per heavy atom. The van der Waals surface area contributed by atoms with Crippen molar-refractivity contribution >= 4 is 28.2 Å². The van der Waals surface area contributed by atoms with Gasteiger partial charge >= 0.3 is 29.6 Å². The molecular formula is C22H17N2NaO5. The molecule has 30 heavy (non-hydrogen) atoms. The molecule has 4 aromatic rings. The fraction of sp³-hybridized carbons (Fsp3) is 0.136. The molecule has 7 nitrogen and oxygen atoms in total. The third kappa shape index (κ3) is 3.25. The molecule has 0 spiro atoms. The number of pyridine rings is 2.